The van der Waals surface area contributed by atoms with E-state index in [2.05, 4.69) is 15.0 Å². The number of carbonyl (C=O) groups excluding carboxylic acids is 1. The molecule has 3 aromatic heterocycles. The summed E-state index contributed by atoms with van der Waals surface area (Å²) in [6.07, 6.45) is 5.92. The Bertz CT molecular complexity index is 1870. The molecule has 2 aromatic carbocycles. The van der Waals surface area contributed by atoms with Gasteiger partial charge in [0.25, 0.3) is 5.56 Å². The van der Waals surface area contributed by atoms with Gasteiger partial charge in [-0.25, -0.2) is 14.2 Å². The third-order valence-electron chi connectivity index (χ3n) is 7.94. The molecule has 10 heteroatoms. The predicted octanol–water partition coefficient (Wildman–Crippen LogP) is 4.72. The van der Waals surface area contributed by atoms with Gasteiger partial charge in [0.15, 0.2) is 5.65 Å². The molecule has 9 nitrogen and oxygen atoms in total. The van der Waals surface area contributed by atoms with Gasteiger partial charge >= 0.3 is 5.69 Å². The molecular formula is C33H33FN6O3. The largest absolute Gasteiger partial charge is 0.336 e. The van der Waals surface area contributed by atoms with Crippen LogP contribution in [0, 0.1) is 11.7 Å². The number of anilines is 1. The summed E-state index contributed by atoms with van der Waals surface area (Å²) < 4.78 is 16.4. The number of aromatic amines is 2. The van der Waals surface area contributed by atoms with Gasteiger partial charge in [-0.2, -0.15) is 0 Å². The second-order valence-electron chi connectivity index (χ2n) is 11.5. The quantitative estimate of drug-likeness (QED) is 0.248. The molecule has 0 radical (unpaired) electrons. The van der Waals surface area contributed by atoms with Gasteiger partial charge < -0.3 is 9.88 Å². The van der Waals surface area contributed by atoms with Gasteiger partial charge in [-0.3, -0.25) is 24.1 Å². The maximum absolute atomic E-state index is 14.9. The summed E-state index contributed by atoms with van der Waals surface area (Å²) in [5.74, 6) is -0.00109. The first-order chi connectivity index (χ1) is 20.8. The fourth-order valence-electron chi connectivity index (χ4n) is 5.57. The highest BCUT2D eigenvalue weighted by molar-refractivity contribution is 5.95. The number of nitrogens with zero attached hydrogens (tertiary/aromatic N) is 4. The lowest BCUT2D eigenvalue weighted by atomic mass is 9.90. The number of nitrogens with one attached hydrogen (secondary N) is 2. The molecule has 5 aromatic rings. The Balaban J connectivity index is 1.38. The van der Waals surface area contributed by atoms with E-state index in [9.17, 15) is 18.8 Å². The van der Waals surface area contributed by atoms with E-state index in [-0.39, 0.29) is 36.1 Å². The minimum atomic E-state index is -0.537. The van der Waals surface area contributed by atoms with Crippen molar-refractivity contribution in [1.82, 2.24) is 24.5 Å². The molecule has 1 aliphatic carbocycles. The van der Waals surface area contributed by atoms with Gasteiger partial charge in [-0.15, -0.1) is 0 Å². The molecule has 1 unspecified atom stereocenters. The van der Waals surface area contributed by atoms with Crippen molar-refractivity contribution in [3.05, 3.63) is 122 Å². The molecule has 43 heavy (non-hydrogen) atoms. The Morgan fingerprint density at radius 2 is 1.81 bits per heavy atom. The van der Waals surface area contributed by atoms with Crippen molar-refractivity contribution >= 4 is 22.8 Å². The van der Waals surface area contributed by atoms with E-state index in [4.69, 9.17) is 4.98 Å². The first-order valence-corrected chi connectivity index (χ1v) is 14.6. The molecule has 1 atom stereocenters. The van der Waals surface area contributed by atoms with E-state index in [1.807, 2.05) is 50.2 Å². The summed E-state index contributed by atoms with van der Waals surface area (Å²) in [6.45, 7) is 4.41. The molecule has 2 N–H and O–H groups in total. The van der Waals surface area contributed by atoms with Crippen molar-refractivity contribution in [2.24, 2.45) is 5.92 Å². The summed E-state index contributed by atoms with van der Waals surface area (Å²) in [5, 5.41) is 0. The molecule has 0 bridgehead atoms. The van der Waals surface area contributed by atoms with Crippen molar-refractivity contribution in [1.29, 1.82) is 0 Å². The number of hydrogen-bond acceptors (Lipinski definition) is 5. The monoisotopic (exact) mass is 580 g/mol. The number of fused-ring (bicyclic) bond motifs is 1. The second-order valence-corrected chi connectivity index (χ2v) is 11.5. The average Bonchev–Trinajstić information content (AvgIpc) is 3.70. The van der Waals surface area contributed by atoms with Crippen LogP contribution >= 0.6 is 0 Å². The zero-order chi connectivity index (χ0) is 30.1. The number of rotatable bonds is 10. The van der Waals surface area contributed by atoms with Crippen LogP contribution in [0.15, 0.2) is 82.6 Å². The average molecular weight is 581 g/mol. The summed E-state index contributed by atoms with van der Waals surface area (Å²) in [6, 6.07) is 17.7. The zero-order valence-corrected chi connectivity index (χ0v) is 24.1. The topological polar surface area (TPSA) is 117 Å². The van der Waals surface area contributed by atoms with Crippen molar-refractivity contribution in [3.8, 4) is 0 Å². The number of imidazole rings is 1. The lowest BCUT2D eigenvalue weighted by Crippen LogP contribution is -2.38. The maximum Gasteiger partial charge on any atom is 0.330 e. The SMILES string of the molecule is CC(C)N(C(=O)Cc1cccnc1)c1ccc(C(Cc2ccccc2F)c2nc3c([nH]2)c(=O)[nH]c(=O)n3CC2CC2)cc1. The van der Waals surface area contributed by atoms with E-state index < -0.39 is 17.2 Å². The number of benzene rings is 2. The normalized spacial score (nSPS) is 13.9. The van der Waals surface area contributed by atoms with Gasteiger partial charge in [-0.1, -0.05) is 36.4 Å². The lowest BCUT2D eigenvalue weighted by molar-refractivity contribution is -0.118. The molecule has 6 rings (SSSR count). The number of carbonyl (C=O) groups is 1. The van der Waals surface area contributed by atoms with Gasteiger partial charge in [0.2, 0.25) is 5.91 Å². The Labute approximate surface area is 247 Å². The molecule has 0 aliphatic heterocycles. The molecular weight excluding hydrogens is 547 g/mol. The summed E-state index contributed by atoms with van der Waals surface area (Å²) in [4.78, 5) is 55.0. The molecule has 3 heterocycles. The van der Waals surface area contributed by atoms with Crippen LogP contribution in [-0.4, -0.2) is 36.5 Å². The first kappa shape index (κ1) is 28.3. The number of pyridine rings is 1. The Morgan fingerprint density at radius 3 is 2.49 bits per heavy atom. The van der Waals surface area contributed by atoms with Crippen LogP contribution in [0.2, 0.25) is 0 Å². The molecule has 220 valence electrons. The molecule has 0 saturated heterocycles. The zero-order valence-electron chi connectivity index (χ0n) is 24.1. The van der Waals surface area contributed by atoms with E-state index in [0.29, 0.717) is 29.5 Å². The lowest BCUT2D eigenvalue weighted by Gasteiger charge is -2.27. The summed E-state index contributed by atoms with van der Waals surface area (Å²) in [5.41, 5.74) is 2.39. The number of halogens is 1. The predicted molar refractivity (Wildman–Crippen MR) is 163 cm³/mol. The third kappa shape index (κ3) is 6.04. The Hall–Kier alpha value is -4.86. The number of H-pyrrole nitrogens is 2. The van der Waals surface area contributed by atoms with Crippen molar-refractivity contribution < 1.29 is 9.18 Å². The summed E-state index contributed by atoms with van der Waals surface area (Å²) >= 11 is 0. The van der Waals surface area contributed by atoms with E-state index in [1.54, 1.807) is 35.5 Å². The Morgan fingerprint density at radius 1 is 1.05 bits per heavy atom. The molecule has 1 amide bonds. The fourth-order valence-corrected chi connectivity index (χ4v) is 5.57. The molecule has 0 spiro atoms. The second kappa shape index (κ2) is 11.8. The van der Waals surface area contributed by atoms with Crippen LogP contribution < -0.4 is 16.1 Å². The maximum atomic E-state index is 14.9. The molecule has 1 fully saturated rings. The van der Waals surface area contributed by atoms with Crippen molar-refractivity contribution in [3.63, 3.8) is 0 Å². The number of amides is 1. The standard InChI is InChI=1S/C33H33FN6O3/c1-20(2)40(28(41)16-22-6-5-15-35-18-22)25-13-11-23(12-14-25)26(17-24-7-3-4-8-27(24)34)30-36-29-31(37-30)39(19-21-9-10-21)33(43)38-32(29)42/h3-8,11-15,18,20-21,26H,9-10,16-17,19H2,1-2H3,(H,36,37)(H,38,42,43). The van der Waals surface area contributed by atoms with Gasteiger partial charge in [-0.05, 0) is 80.0 Å². The van der Waals surface area contributed by atoms with Gasteiger partial charge in [0, 0.05) is 36.6 Å². The number of aromatic nitrogens is 5. The van der Waals surface area contributed by atoms with Gasteiger partial charge in [0.05, 0.1) is 6.42 Å². The number of hydrogen-bond donors (Lipinski definition) is 2. The summed E-state index contributed by atoms with van der Waals surface area (Å²) in [7, 11) is 0. The van der Waals surface area contributed by atoms with E-state index in [0.717, 1.165) is 29.7 Å². The minimum Gasteiger partial charge on any atom is -0.336 e. The van der Waals surface area contributed by atoms with Gasteiger partial charge in [0.1, 0.15) is 17.2 Å². The van der Waals surface area contributed by atoms with Crippen LogP contribution in [0.3, 0.4) is 0 Å². The fraction of sp³-hybridized carbons (Fsp3) is 0.303. The van der Waals surface area contributed by atoms with E-state index >= 15 is 0 Å². The molecule has 1 aliphatic rings. The molecule has 1 saturated carbocycles. The van der Waals surface area contributed by atoms with Crippen LogP contribution in [-0.2, 0) is 24.2 Å². The van der Waals surface area contributed by atoms with Crippen LogP contribution in [0.25, 0.3) is 11.2 Å². The van der Waals surface area contributed by atoms with Crippen molar-refractivity contribution in [2.45, 2.75) is 58.0 Å². The highest BCUT2D eigenvalue weighted by Crippen LogP contribution is 2.33. The van der Waals surface area contributed by atoms with Crippen LogP contribution in [0.1, 0.15) is 55.1 Å². The van der Waals surface area contributed by atoms with E-state index in [1.165, 1.54) is 10.6 Å². The minimum absolute atomic E-state index is 0.0520. The van der Waals surface area contributed by atoms with Crippen molar-refractivity contribution in [2.75, 3.05) is 4.90 Å². The Kier molecular flexibility index (Phi) is 7.75. The third-order valence-corrected chi connectivity index (χ3v) is 7.94. The first-order valence-electron chi connectivity index (χ1n) is 14.6. The van der Waals surface area contributed by atoms with Crippen LogP contribution in [0.4, 0.5) is 10.1 Å². The van der Waals surface area contributed by atoms with Crippen LogP contribution in [0.5, 0.6) is 0 Å². The highest BCUT2D eigenvalue weighted by Gasteiger charge is 2.27. The highest BCUT2D eigenvalue weighted by atomic mass is 19.1. The smallest absolute Gasteiger partial charge is 0.330 e.